The van der Waals surface area contributed by atoms with Crippen molar-refractivity contribution in [3.63, 3.8) is 0 Å². The molecule has 0 heterocycles. The topological polar surface area (TPSA) is 67.4 Å². The van der Waals surface area contributed by atoms with Crippen LogP contribution in [0.25, 0.3) is 0 Å². The van der Waals surface area contributed by atoms with Gasteiger partial charge in [0.1, 0.15) is 5.75 Å². The van der Waals surface area contributed by atoms with Crippen molar-refractivity contribution in [2.24, 2.45) is 0 Å². The average molecular weight is 338 g/mol. The summed E-state index contributed by atoms with van der Waals surface area (Å²) in [5.74, 6) is 0.357. The Hall–Kier alpha value is -2.82. The molecule has 0 saturated heterocycles. The Morgan fingerprint density at radius 1 is 0.960 bits per heavy atom. The van der Waals surface area contributed by atoms with Crippen LogP contribution in [0.1, 0.15) is 46.4 Å². The van der Waals surface area contributed by atoms with E-state index < -0.39 is 0 Å². The van der Waals surface area contributed by atoms with Crippen molar-refractivity contribution in [1.82, 2.24) is 5.32 Å². The van der Waals surface area contributed by atoms with Crippen molar-refractivity contribution in [1.29, 1.82) is 0 Å². The lowest BCUT2D eigenvalue weighted by Crippen LogP contribution is -2.32. The molecule has 0 atom stereocenters. The number of hydrogen-bond donors (Lipinski definition) is 2. The van der Waals surface area contributed by atoms with E-state index in [0.29, 0.717) is 16.8 Å². The summed E-state index contributed by atoms with van der Waals surface area (Å²) in [4.78, 5) is 24.8. The summed E-state index contributed by atoms with van der Waals surface area (Å²) < 4.78 is 5.10. The molecule has 5 nitrogen and oxygen atoms in total. The number of carbonyl (C=O) groups excluding carboxylic acids is 2. The maximum atomic E-state index is 12.4. The van der Waals surface area contributed by atoms with Crippen molar-refractivity contribution in [3.05, 3.63) is 59.7 Å². The van der Waals surface area contributed by atoms with E-state index in [-0.39, 0.29) is 17.9 Å². The molecular weight excluding hydrogens is 316 g/mol. The Kier molecular flexibility index (Phi) is 5.33. The molecule has 3 rings (SSSR count). The standard InChI is InChI=1S/C20H22N2O3/c1-25-18-11-9-17(10-12-18)22-20(24)15-6-4-5-14(13-15)19(23)21-16-7-2-3-8-16/h4-6,9-13,16H,2-3,7-8H2,1H3,(H,21,23)(H,22,24). The lowest BCUT2D eigenvalue weighted by atomic mass is 10.1. The number of rotatable bonds is 5. The molecule has 0 aromatic heterocycles. The quantitative estimate of drug-likeness (QED) is 0.875. The third-order valence-corrected chi connectivity index (χ3v) is 4.43. The molecule has 0 unspecified atom stereocenters. The number of ether oxygens (including phenoxy) is 1. The minimum atomic E-state index is -0.249. The zero-order chi connectivity index (χ0) is 17.6. The molecule has 0 radical (unpaired) electrons. The van der Waals surface area contributed by atoms with Gasteiger partial charge in [0.05, 0.1) is 7.11 Å². The van der Waals surface area contributed by atoms with Gasteiger partial charge in [0.25, 0.3) is 11.8 Å². The Labute approximate surface area is 147 Å². The van der Waals surface area contributed by atoms with Crippen LogP contribution >= 0.6 is 0 Å². The van der Waals surface area contributed by atoms with Gasteiger partial charge in [0.2, 0.25) is 0 Å². The largest absolute Gasteiger partial charge is 0.497 e. The Morgan fingerprint density at radius 2 is 1.60 bits per heavy atom. The van der Waals surface area contributed by atoms with Crippen LogP contribution in [0.4, 0.5) is 5.69 Å². The average Bonchev–Trinajstić information content (AvgIpc) is 3.15. The van der Waals surface area contributed by atoms with Gasteiger partial charge in [-0.3, -0.25) is 9.59 Å². The third-order valence-electron chi connectivity index (χ3n) is 4.43. The summed E-state index contributed by atoms with van der Waals surface area (Å²) >= 11 is 0. The molecule has 130 valence electrons. The van der Waals surface area contributed by atoms with Crippen molar-refractivity contribution >= 4 is 17.5 Å². The highest BCUT2D eigenvalue weighted by atomic mass is 16.5. The normalized spacial score (nSPS) is 14.1. The molecule has 2 amide bonds. The monoisotopic (exact) mass is 338 g/mol. The maximum absolute atomic E-state index is 12.4. The van der Waals surface area contributed by atoms with Crippen LogP contribution in [0, 0.1) is 0 Å². The first-order valence-corrected chi connectivity index (χ1v) is 8.52. The molecule has 0 bridgehead atoms. The zero-order valence-electron chi connectivity index (χ0n) is 14.2. The predicted octanol–water partition coefficient (Wildman–Crippen LogP) is 3.62. The molecular formula is C20H22N2O3. The fourth-order valence-corrected chi connectivity index (χ4v) is 3.02. The lowest BCUT2D eigenvalue weighted by Gasteiger charge is -2.12. The summed E-state index contributed by atoms with van der Waals surface area (Å²) in [6.45, 7) is 0. The molecule has 0 aliphatic heterocycles. The van der Waals surface area contributed by atoms with E-state index in [1.807, 2.05) is 0 Å². The molecule has 1 aliphatic rings. The summed E-state index contributed by atoms with van der Waals surface area (Å²) in [7, 11) is 1.59. The van der Waals surface area contributed by atoms with E-state index in [9.17, 15) is 9.59 Å². The molecule has 1 saturated carbocycles. The number of carbonyl (C=O) groups is 2. The summed E-state index contributed by atoms with van der Waals surface area (Å²) in [6, 6.07) is 14.1. The zero-order valence-corrected chi connectivity index (χ0v) is 14.2. The van der Waals surface area contributed by atoms with Crippen LogP contribution in [0.5, 0.6) is 5.75 Å². The highest BCUT2D eigenvalue weighted by Crippen LogP contribution is 2.19. The summed E-state index contributed by atoms with van der Waals surface area (Å²) in [5, 5.41) is 5.86. The van der Waals surface area contributed by atoms with Gasteiger partial charge in [-0.1, -0.05) is 18.9 Å². The van der Waals surface area contributed by atoms with Crippen LogP contribution < -0.4 is 15.4 Å². The first-order chi connectivity index (χ1) is 12.2. The fourth-order valence-electron chi connectivity index (χ4n) is 3.02. The first kappa shape index (κ1) is 17.0. The van der Waals surface area contributed by atoms with E-state index in [4.69, 9.17) is 4.74 Å². The second-order valence-corrected chi connectivity index (χ2v) is 6.22. The van der Waals surface area contributed by atoms with Gasteiger partial charge in [0.15, 0.2) is 0 Å². The Morgan fingerprint density at radius 3 is 2.24 bits per heavy atom. The van der Waals surface area contributed by atoms with Gasteiger partial charge in [-0.25, -0.2) is 0 Å². The number of amides is 2. The van der Waals surface area contributed by atoms with Gasteiger partial charge >= 0.3 is 0 Å². The molecule has 2 N–H and O–H groups in total. The number of anilines is 1. The number of methoxy groups -OCH3 is 1. The maximum Gasteiger partial charge on any atom is 0.255 e. The highest BCUT2D eigenvalue weighted by Gasteiger charge is 2.18. The van der Waals surface area contributed by atoms with Crippen LogP contribution in [-0.2, 0) is 0 Å². The molecule has 1 fully saturated rings. The molecule has 5 heteroatoms. The van der Waals surface area contributed by atoms with E-state index in [2.05, 4.69) is 10.6 Å². The van der Waals surface area contributed by atoms with Gasteiger partial charge in [0, 0.05) is 22.9 Å². The molecule has 2 aromatic carbocycles. The minimum absolute atomic E-state index is 0.119. The number of hydrogen-bond acceptors (Lipinski definition) is 3. The summed E-state index contributed by atoms with van der Waals surface area (Å²) in [5.41, 5.74) is 1.63. The van der Waals surface area contributed by atoms with Crippen LogP contribution in [0.3, 0.4) is 0 Å². The second-order valence-electron chi connectivity index (χ2n) is 6.22. The van der Waals surface area contributed by atoms with Gasteiger partial charge in [-0.15, -0.1) is 0 Å². The van der Waals surface area contributed by atoms with Crippen molar-refractivity contribution in [2.75, 3.05) is 12.4 Å². The molecule has 0 spiro atoms. The van der Waals surface area contributed by atoms with Crippen molar-refractivity contribution in [2.45, 2.75) is 31.7 Å². The van der Waals surface area contributed by atoms with E-state index >= 15 is 0 Å². The van der Waals surface area contributed by atoms with Crippen LogP contribution in [-0.4, -0.2) is 25.0 Å². The van der Waals surface area contributed by atoms with Crippen molar-refractivity contribution in [3.8, 4) is 5.75 Å². The van der Waals surface area contributed by atoms with Gasteiger partial charge < -0.3 is 15.4 Å². The molecule has 2 aromatic rings. The Bertz CT molecular complexity index is 750. The number of benzene rings is 2. The van der Waals surface area contributed by atoms with E-state index in [1.54, 1.807) is 55.6 Å². The third kappa shape index (κ3) is 4.38. The Balaban J connectivity index is 1.66. The fraction of sp³-hybridized carbons (Fsp3) is 0.300. The second kappa shape index (κ2) is 7.83. The van der Waals surface area contributed by atoms with Gasteiger partial charge in [-0.05, 0) is 55.3 Å². The van der Waals surface area contributed by atoms with E-state index in [0.717, 1.165) is 31.4 Å². The first-order valence-electron chi connectivity index (χ1n) is 8.52. The predicted molar refractivity (Wildman–Crippen MR) is 97.1 cm³/mol. The number of nitrogens with one attached hydrogen (secondary N) is 2. The highest BCUT2D eigenvalue weighted by molar-refractivity contribution is 6.06. The minimum Gasteiger partial charge on any atom is -0.497 e. The lowest BCUT2D eigenvalue weighted by molar-refractivity contribution is 0.0938. The van der Waals surface area contributed by atoms with Crippen molar-refractivity contribution < 1.29 is 14.3 Å². The van der Waals surface area contributed by atoms with Gasteiger partial charge in [-0.2, -0.15) is 0 Å². The molecule has 25 heavy (non-hydrogen) atoms. The summed E-state index contributed by atoms with van der Waals surface area (Å²) in [6.07, 6.45) is 4.39. The molecule has 1 aliphatic carbocycles. The van der Waals surface area contributed by atoms with Crippen LogP contribution in [0.15, 0.2) is 48.5 Å². The SMILES string of the molecule is COc1ccc(NC(=O)c2cccc(C(=O)NC3CCCC3)c2)cc1. The van der Waals surface area contributed by atoms with E-state index in [1.165, 1.54) is 0 Å². The van der Waals surface area contributed by atoms with Crippen LogP contribution in [0.2, 0.25) is 0 Å². The smallest absolute Gasteiger partial charge is 0.255 e.